The standard InChI is InChI=1S/C22H29F3N2O2/c1-16(13-17-7-9-20(10-8-17)29-12-11-26-2)27-15-21(28-3)18-5-4-6-19(14-18)22(23,24)25/h4-10,14,16,21,26-27H,11-13,15H2,1-3H3. The van der Waals surface area contributed by atoms with E-state index in [0.29, 0.717) is 18.7 Å². The average molecular weight is 410 g/mol. The number of methoxy groups -OCH3 is 1. The van der Waals surface area contributed by atoms with Crippen LogP contribution in [0, 0.1) is 0 Å². The summed E-state index contributed by atoms with van der Waals surface area (Å²) in [6.07, 6.45) is -4.03. The van der Waals surface area contributed by atoms with Crippen LogP contribution in [-0.4, -0.2) is 39.9 Å². The number of rotatable bonds is 11. The van der Waals surface area contributed by atoms with E-state index < -0.39 is 17.8 Å². The molecular weight excluding hydrogens is 381 g/mol. The van der Waals surface area contributed by atoms with Crippen molar-refractivity contribution in [3.63, 3.8) is 0 Å². The van der Waals surface area contributed by atoms with Gasteiger partial charge in [0.1, 0.15) is 12.4 Å². The highest BCUT2D eigenvalue weighted by Crippen LogP contribution is 2.31. The van der Waals surface area contributed by atoms with Gasteiger partial charge in [0.2, 0.25) is 0 Å². The maximum Gasteiger partial charge on any atom is 0.416 e. The van der Waals surface area contributed by atoms with E-state index in [0.717, 1.165) is 36.4 Å². The summed E-state index contributed by atoms with van der Waals surface area (Å²) < 4.78 is 49.8. The fourth-order valence-electron chi connectivity index (χ4n) is 2.98. The predicted octanol–water partition coefficient (Wildman–Crippen LogP) is 4.21. The first-order valence-electron chi connectivity index (χ1n) is 9.63. The third-order valence-corrected chi connectivity index (χ3v) is 4.61. The lowest BCUT2D eigenvalue weighted by Crippen LogP contribution is -2.32. The van der Waals surface area contributed by atoms with Crippen molar-refractivity contribution in [3.05, 3.63) is 65.2 Å². The van der Waals surface area contributed by atoms with Crippen LogP contribution in [0.3, 0.4) is 0 Å². The molecule has 0 aliphatic heterocycles. The largest absolute Gasteiger partial charge is 0.492 e. The van der Waals surface area contributed by atoms with Crippen LogP contribution in [0.15, 0.2) is 48.5 Å². The Balaban J connectivity index is 1.88. The molecule has 0 aromatic heterocycles. The topological polar surface area (TPSA) is 42.5 Å². The molecule has 4 nitrogen and oxygen atoms in total. The molecule has 0 radical (unpaired) electrons. The van der Waals surface area contributed by atoms with E-state index in [1.165, 1.54) is 13.2 Å². The molecule has 160 valence electrons. The molecule has 0 aliphatic carbocycles. The third kappa shape index (κ3) is 7.68. The summed E-state index contributed by atoms with van der Waals surface area (Å²) in [6, 6.07) is 13.3. The van der Waals surface area contributed by atoms with E-state index in [1.54, 1.807) is 6.07 Å². The van der Waals surface area contributed by atoms with Gasteiger partial charge in [-0.25, -0.2) is 0 Å². The molecule has 0 amide bonds. The van der Waals surface area contributed by atoms with Crippen molar-refractivity contribution >= 4 is 0 Å². The van der Waals surface area contributed by atoms with Crippen LogP contribution in [0.4, 0.5) is 13.2 Å². The lowest BCUT2D eigenvalue weighted by Gasteiger charge is -2.21. The van der Waals surface area contributed by atoms with E-state index >= 15 is 0 Å². The third-order valence-electron chi connectivity index (χ3n) is 4.61. The molecular formula is C22H29F3N2O2. The number of likely N-dealkylation sites (N-methyl/N-ethyl adjacent to an activating group) is 1. The van der Waals surface area contributed by atoms with Crippen molar-refractivity contribution in [1.82, 2.24) is 10.6 Å². The van der Waals surface area contributed by atoms with Gasteiger partial charge in [-0.15, -0.1) is 0 Å². The van der Waals surface area contributed by atoms with Crippen molar-refractivity contribution in [2.45, 2.75) is 31.7 Å². The SMILES string of the molecule is CNCCOc1ccc(CC(C)NCC(OC)c2cccc(C(F)(F)F)c2)cc1. The van der Waals surface area contributed by atoms with Crippen LogP contribution in [0.1, 0.15) is 29.7 Å². The van der Waals surface area contributed by atoms with Crippen molar-refractivity contribution in [3.8, 4) is 5.75 Å². The second-order valence-electron chi connectivity index (χ2n) is 6.96. The second kappa shape index (κ2) is 11.2. The molecule has 2 N–H and O–H groups in total. The Labute approximate surface area is 170 Å². The average Bonchev–Trinajstić information content (AvgIpc) is 2.69. The summed E-state index contributed by atoms with van der Waals surface area (Å²) in [7, 11) is 3.38. The zero-order valence-electron chi connectivity index (χ0n) is 17.1. The number of nitrogens with one attached hydrogen (secondary N) is 2. The van der Waals surface area contributed by atoms with Crippen LogP contribution in [0.5, 0.6) is 5.75 Å². The highest BCUT2D eigenvalue weighted by atomic mass is 19.4. The van der Waals surface area contributed by atoms with Gasteiger partial charge >= 0.3 is 6.18 Å². The second-order valence-corrected chi connectivity index (χ2v) is 6.96. The minimum Gasteiger partial charge on any atom is -0.492 e. The van der Waals surface area contributed by atoms with Crippen molar-refractivity contribution < 1.29 is 22.6 Å². The summed E-state index contributed by atoms with van der Waals surface area (Å²) >= 11 is 0. The Hall–Kier alpha value is -2.09. The first-order chi connectivity index (χ1) is 13.8. The van der Waals surface area contributed by atoms with Crippen molar-refractivity contribution in [1.29, 1.82) is 0 Å². The normalized spacial score (nSPS) is 13.9. The molecule has 0 aliphatic rings. The molecule has 0 spiro atoms. The Bertz CT molecular complexity index is 736. The van der Waals surface area contributed by atoms with Gasteiger partial charge in [0, 0.05) is 26.2 Å². The van der Waals surface area contributed by atoms with Crippen LogP contribution in [0.2, 0.25) is 0 Å². The number of benzene rings is 2. The summed E-state index contributed by atoms with van der Waals surface area (Å²) in [4.78, 5) is 0. The van der Waals surface area contributed by atoms with Gasteiger partial charge in [-0.3, -0.25) is 0 Å². The fourth-order valence-corrected chi connectivity index (χ4v) is 2.98. The molecule has 0 fully saturated rings. The van der Waals surface area contributed by atoms with E-state index in [9.17, 15) is 13.2 Å². The van der Waals surface area contributed by atoms with E-state index in [4.69, 9.17) is 9.47 Å². The van der Waals surface area contributed by atoms with Gasteiger partial charge in [-0.1, -0.05) is 24.3 Å². The lowest BCUT2D eigenvalue weighted by molar-refractivity contribution is -0.137. The lowest BCUT2D eigenvalue weighted by atomic mass is 10.0. The number of hydrogen-bond acceptors (Lipinski definition) is 4. The zero-order valence-corrected chi connectivity index (χ0v) is 17.1. The minimum atomic E-state index is -4.36. The Morgan fingerprint density at radius 2 is 1.79 bits per heavy atom. The van der Waals surface area contributed by atoms with Gasteiger partial charge < -0.3 is 20.1 Å². The first kappa shape index (κ1) is 23.2. The molecule has 0 saturated carbocycles. The molecule has 29 heavy (non-hydrogen) atoms. The Kier molecular flexibility index (Phi) is 8.95. The van der Waals surface area contributed by atoms with Crippen molar-refractivity contribution in [2.24, 2.45) is 0 Å². The van der Waals surface area contributed by atoms with Gasteiger partial charge in [0.15, 0.2) is 0 Å². The van der Waals surface area contributed by atoms with Gasteiger partial charge in [0.25, 0.3) is 0 Å². The van der Waals surface area contributed by atoms with Crippen LogP contribution in [-0.2, 0) is 17.3 Å². The Morgan fingerprint density at radius 3 is 2.41 bits per heavy atom. The number of hydrogen-bond donors (Lipinski definition) is 2. The minimum absolute atomic E-state index is 0.134. The van der Waals surface area contributed by atoms with Crippen molar-refractivity contribution in [2.75, 3.05) is 33.9 Å². The fraction of sp³-hybridized carbons (Fsp3) is 0.455. The molecule has 2 unspecified atom stereocenters. The molecule has 2 rings (SSSR count). The number of ether oxygens (including phenoxy) is 2. The predicted molar refractivity (Wildman–Crippen MR) is 108 cm³/mol. The summed E-state index contributed by atoms with van der Waals surface area (Å²) in [6.45, 7) is 3.86. The quantitative estimate of drug-likeness (QED) is 0.545. The molecule has 0 heterocycles. The summed E-state index contributed by atoms with van der Waals surface area (Å²) in [5.41, 5.74) is 0.992. The molecule has 2 atom stereocenters. The molecule has 2 aromatic carbocycles. The van der Waals surface area contributed by atoms with Crippen LogP contribution in [0.25, 0.3) is 0 Å². The molecule has 0 bridgehead atoms. The molecule has 2 aromatic rings. The summed E-state index contributed by atoms with van der Waals surface area (Å²) in [5, 5.41) is 6.38. The molecule has 0 saturated heterocycles. The van der Waals surface area contributed by atoms with E-state index in [1.807, 2.05) is 38.2 Å². The maximum absolute atomic E-state index is 12.9. The van der Waals surface area contributed by atoms with Gasteiger partial charge in [-0.05, 0) is 55.8 Å². The summed E-state index contributed by atoms with van der Waals surface area (Å²) in [5.74, 6) is 0.827. The zero-order chi connectivity index (χ0) is 21.3. The number of alkyl halides is 3. The number of halogens is 3. The van der Waals surface area contributed by atoms with Gasteiger partial charge in [0.05, 0.1) is 11.7 Å². The highest BCUT2D eigenvalue weighted by Gasteiger charge is 2.31. The first-order valence-corrected chi connectivity index (χ1v) is 9.63. The monoisotopic (exact) mass is 410 g/mol. The van der Waals surface area contributed by atoms with Crippen LogP contribution >= 0.6 is 0 Å². The maximum atomic E-state index is 12.9. The molecule has 7 heteroatoms. The highest BCUT2D eigenvalue weighted by molar-refractivity contribution is 5.28. The van der Waals surface area contributed by atoms with E-state index in [-0.39, 0.29) is 6.04 Å². The van der Waals surface area contributed by atoms with Crippen LogP contribution < -0.4 is 15.4 Å². The van der Waals surface area contributed by atoms with E-state index in [2.05, 4.69) is 10.6 Å². The van der Waals surface area contributed by atoms with Gasteiger partial charge in [-0.2, -0.15) is 13.2 Å². The Morgan fingerprint density at radius 1 is 1.07 bits per heavy atom. The smallest absolute Gasteiger partial charge is 0.416 e.